The van der Waals surface area contributed by atoms with Crippen LogP contribution in [0.15, 0.2) is 12.2 Å². The number of nitrogens with one attached hydrogen (secondary N) is 1. The smallest absolute Gasteiger partial charge is 0.463 e. The Morgan fingerprint density at radius 3 is 1.42 bits per heavy atom. The second-order valence-electron chi connectivity index (χ2n) is 15.0. The fraction of sp³-hybridized carbons (Fsp3) is 0.907. The Hall–Kier alpha value is -1.25. The van der Waals surface area contributed by atoms with Gasteiger partial charge in [0.05, 0.1) is 13.2 Å². The molecule has 1 amide bonds. The van der Waals surface area contributed by atoms with E-state index in [0.717, 1.165) is 57.8 Å². The molecule has 53 heavy (non-hydrogen) atoms. The molecule has 0 aliphatic carbocycles. The summed E-state index contributed by atoms with van der Waals surface area (Å²) in [7, 11) is -4.41. The van der Waals surface area contributed by atoms with Crippen LogP contribution in [0.2, 0.25) is 0 Å². The number of hydrogen-bond acceptors (Lipinski definition) is 7. The predicted molar refractivity (Wildman–Crippen MR) is 220 cm³/mol. The maximum atomic E-state index is 12.1. The summed E-state index contributed by atoms with van der Waals surface area (Å²) in [5, 5.41) is 12.7. The van der Waals surface area contributed by atoms with E-state index in [9.17, 15) is 24.2 Å². The fourth-order valence-electron chi connectivity index (χ4n) is 6.32. The van der Waals surface area contributed by atoms with Crippen LogP contribution in [-0.4, -0.2) is 54.3 Å². The predicted octanol–water partition coefficient (Wildman–Crippen LogP) is 12.2. The number of esters is 1. The lowest BCUT2D eigenvalue weighted by Crippen LogP contribution is -2.27. The van der Waals surface area contributed by atoms with E-state index in [-0.39, 0.29) is 32.1 Å². The number of hydrogen-bond donors (Lipinski definition) is 3. The maximum absolute atomic E-state index is 12.1. The number of carbonyl (C=O) groups excluding carboxylic acids is 2. The van der Waals surface area contributed by atoms with Crippen molar-refractivity contribution in [1.29, 1.82) is 0 Å². The van der Waals surface area contributed by atoms with E-state index in [4.69, 9.17) is 13.8 Å². The van der Waals surface area contributed by atoms with E-state index >= 15 is 0 Å². The molecule has 0 bridgehead atoms. The van der Waals surface area contributed by atoms with Crippen LogP contribution in [0.4, 0.5) is 0 Å². The number of unbranched alkanes of at least 4 members (excludes halogenated alkanes) is 27. The van der Waals surface area contributed by atoms with E-state index in [0.29, 0.717) is 6.42 Å². The molecule has 9 nitrogen and oxygen atoms in total. The Morgan fingerprint density at radius 2 is 0.962 bits per heavy atom. The molecule has 314 valence electrons. The molecule has 0 saturated carbocycles. The maximum Gasteiger partial charge on any atom is 0.472 e. The molecule has 0 aromatic rings. The minimum absolute atomic E-state index is 0.0855. The quantitative estimate of drug-likeness (QED) is 0.0242. The zero-order valence-corrected chi connectivity index (χ0v) is 35.4. The molecule has 0 spiro atoms. The highest BCUT2D eigenvalue weighted by Crippen LogP contribution is 2.42. The summed E-state index contributed by atoms with van der Waals surface area (Å²) in [5.41, 5.74) is 0. The zero-order chi connectivity index (χ0) is 38.9. The van der Waals surface area contributed by atoms with Gasteiger partial charge in [0, 0.05) is 19.4 Å². The van der Waals surface area contributed by atoms with Crippen molar-refractivity contribution in [2.75, 3.05) is 26.4 Å². The van der Waals surface area contributed by atoms with Crippen molar-refractivity contribution in [2.24, 2.45) is 0 Å². The number of ether oxygens (including phenoxy) is 1. The lowest BCUT2D eigenvalue weighted by atomic mass is 10.0. The molecule has 0 aliphatic rings. The van der Waals surface area contributed by atoms with Crippen molar-refractivity contribution in [2.45, 2.75) is 225 Å². The van der Waals surface area contributed by atoms with Crippen molar-refractivity contribution in [1.82, 2.24) is 5.32 Å². The fourth-order valence-corrected chi connectivity index (χ4v) is 7.07. The van der Waals surface area contributed by atoms with Crippen molar-refractivity contribution in [3.63, 3.8) is 0 Å². The normalized spacial score (nSPS) is 13.4. The number of phosphoric acid groups is 1. The summed E-state index contributed by atoms with van der Waals surface area (Å²) in [6.45, 7) is 3.57. The zero-order valence-electron chi connectivity index (χ0n) is 34.5. The van der Waals surface area contributed by atoms with Crippen LogP contribution >= 0.6 is 7.82 Å². The van der Waals surface area contributed by atoms with Gasteiger partial charge in [0.1, 0.15) is 12.7 Å². The van der Waals surface area contributed by atoms with Crippen molar-refractivity contribution >= 4 is 19.7 Å². The van der Waals surface area contributed by atoms with Crippen molar-refractivity contribution in [3.8, 4) is 0 Å². The molecule has 2 atom stereocenters. The molecule has 3 N–H and O–H groups in total. The summed E-state index contributed by atoms with van der Waals surface area (Å²) < 4.78 is 26.9. The highest BCUT2D eigenvalue weighted by Gasteiger charge is 2.23. The van der Waals surface area contributed by atoms with Gasteiger partial charge in [0.2, 0.25) is 5.91 Å². The summed E-state index contributed by atoms with van der Waals surface area (Å²) in [5.74, 6) is -0.516. The third kappa shape index (κ3) is 41.7. The first-order chi connectivity index (χ1) is 25.8. The lowest BCUT2D eigenvalue weighted by Gasteiger charge is -2.15. The van der Waals surface area contributed by atoms with E-state index < -0.39 is 26.5 Å². The van der Waals surface area contributed by atoms with Gasteiger partial charge in [-0.15, -0.1) is 0 Å². The van der Waals surface area contributed by atoms with Gasteiger partial charge in [0.15, 0.2) is 0 Å². The second kappa shape index (κ2) is 40.4. The summed E-state index contributed by atoms with van der Waals surface area (Å²) in [6.07, 6.45) is 41.4. The Kier molecular flexibility index (Phi) is 39.5. The van der Waals surface area contributed by atoms with Crippen LogP contribution in [-0.2, 0) is 27.9 Å². The molecule has 0 aromatic heterocycles. The van der Waals surface area contributed by atoms with Gasteiger partial charge in [-0.1, -0.05) is 180 Å². The van der Waals surface area contributed by atoms with Gasteiger partial charge in [-0.2, -0.15) is 0 Å². The number of allylic oxidation sites excluding steroid dienone is 2. The largest absolute Gasteiger partial charge is 0.472 e. The first kappa shape index (κ1) is 51.8. The van der Waals surface area contributed by atoms with Crippen LogP contribution in [0.5, 0.6) is 0 Å². The number of phosphoric ester groups is 1. The third-order valence-corrected chi connectivity index (χ3v) is 10.7. The number of aliphatic hydroxyl groups is 1. The van der Waals surface area contributed by atoms with E-state index in [1.165, 1.54) is 135 Å². The standard InChI is InChI=1S/C43H84NO8P/c1-3-5-7-9-11-13-15-17-19-20-22-23-25-27-29-31-33-35-42(46)44-37-38-51-53(48,49)52-40-41(45)39-50-43(47)36-34-32-30-28-26-24-21-18-16-14-12-10-8-6-4-2/h18,21,41,45H,3-17,19-20,22-40H2,1-2H3,(H,44,46)(H,48,49)/b21-18-. The second-order valence-corrected chi connectivity index (χ2v) is 16.5. The molecular formula is C43H84NO8P. The molecule has 2 unspecified atom stereocenters. The first-order valence-corrected chi connectivity index (χ1v) is 23.7. The van der Waals surface area contributed by atoms with Gasteiger partial charge in [-0.05, 0) is 38.5 Å². The molecule has 0 radical (unpaired) electrons. The number of amides is 1. The molecule has 0 rings (SSSR count). The monoisotopic (exact) mass is 774 g/mol. The van der Waals surface area contributed by atoms with Crippen molar-refractivity contribution < 1.29 is 37.9 Å². The summed E-state index contributed by atoms with van der Waals surface area (Å²) >= 11 is 0. The molecule has 0 aromatic carbocycles. The third-order valence-electron chi connectivity index (χ3n) is 9.70. The highest BCUT2D eigenvalue weighted by molar-refractivity contribution is 7.47. The minimum atomic E-state index is -4.41. The van der Waals surface area contributed by atoms with Gasteiger partial charge < -0.3 is 20.1 Å². The number of aliphatic hydroxyl groups excluding tert-OH is 1. The first-order valence-electron chi connectivity index (χ1n) is 22.2. The molecule has 0 heterocycles. The Bertz CT molecular complexity index is 886. The molecular weight excluding hydrogens is 689 g/mol. The summed E-state index contributed by atoms with van der Waals surface area (Å²) in [6, 6.07) is 0. The lowest BCUT2D eigenvalue weighted by molar-refractivity contribution is -0.147. The summed E-state index contributed by atoms with van der Waals surface area (Å²) in [4.78, 5) is 33.9. The van der Waals surface area contributed by atoms with Crippen molar-refractivity contribution in [3.05, 3.63) is 12.2 Å². The average Bonchev–Trinajstić information content (AvgIpc) is 3.14. The minimum Gasteiger partial charge on any atom is -0.463 e. The number of rotatable bonds is 42. The van der Waals surface area contributed by atoms with E-state index in [1.54, 1.807) is 0 Å². The van der Waals surface area contributed by atoms with Gasteiger partial charge in [-0.25, -0.2) is 4.57 Å². The van der Waals surface area contributed by atoms with E-state index in [1.807, 2.05) is 0 Å². The van der Waals surface area contributed by atoms with Crippen LogP contribution in [0, 0.1) is 0 Å². The SMILES string of the molecule is CCCCCCCC/C=C\CCCCCCCC(=O)OCC(O)COP(=O)(O)OCCNC(=O)CCCCCCCCCCCCCCCCCCC. The molecule has 0 saturated heterocycles. The Balaban J connectivity index is 3.57. The molecule has 0 aliphatic heterocycles. The van der Waals surface area contributed by atoms with E-state index in [2.05, 4.69) is 31.3 Å². The van der Waals surface area contributed by atoms with Crippen LogP contribution in [0.25, 0.3) is 0 Å². The average molecular weight is 774 g/mol. The van der Waals surface area contributed by atoms with Gasteiger partial charge in [0.25, 0.3) is 0 Å². The van der Waals surface area contributed by atoms with Crippen LogP contribution in [0.3, 0.4) is 0 Å². The molecule has 0 fully saturated rings. The van der Waals surface area contributed by atoms with Gasteiger partial charge in [-0.3, -0.25) is 18.6 Å². The van der Waals surface area contributed by atoms with Gasteiger partial charge >= 0.3 is 13.8 Å². The Labute approximate surface area is 326 Å². The van der Waals surface area contributed by atoms with Crippen LogP contribution in [0.1, 0.15) is 219 Å². The number of carbonyl (C=O) groups is 2. The highest BCUT2D eigenvalue weighted by atomic mass is 31.2. The Morgan fingerprint density at radius 1 is 0.566 bits per heavy atom. The van der Waals surface area contributed by atoms with Crippen LogP contribution < -0.4 is 5.32 Å². The molecule has 10 heteroatoms. The topological polar surface area (TPSA) is 131 Å².